The van der Waals surface area contributed by atoms with Crippen molar-refractivity contribution in [1.29, 1.82) is 0 Å². The number of carbonyl (C=O) groups is 1. The standard InChI is InChI=1S/C13H26NO2/c1-6-14(7-2,8-3)10-12(15)9-13(16)11(4)5/h12,15H,4,6-10H2,1-3,5H3/q+1. The van der Waals surface area contributed by atoms with E-state index in [1.807, 2.05) is 0 Å². The average Bonchev–Trinajstić information content (AvgIpc) is 2.26. The van der Waals surface area contributed by atoms with Crippen molar-refractivity contribution in [2.75, 3.05) is 26.2 Å². The maximum atomic E-state index is 11.4. The zero-order chi connectivity index (χ0) is 12.8. The molecule has 0 aromatic rings. The van der Waals surface area contributed by atoms with Crippen LogP contribution >= 0.6 is 0 Å². The third-order valence-electron chi connectivity index (χ3n) is 3.51. The van der Waals surface area contributed by atoms with Gasteiger partial charge in [-0.05, 0) is 33.3 Å². The Labute approximate surface area is 99.4 Å². The quantitative estimate of drug-likeness (QED) is 0.508. The summed E-state index contributed by atoms with van der Waals surface area (Å²) in [6.07, 6.45) is -0.348. The minimum absolute atomic E-state index is 0.0334. The van der Waals surface area contributed by atoms with Gasteiger partial charge < -0.3 is 9.59 Å². The van der Waals surface area contributed by atoms with Crippen molar-refractivity contribution in [3.63, 3.8) is 0 Å². The third kappa shape index (κ3) is 4.45. The third-order valence-corrected chi connectivity index (χ3v) is 3.51. The fourth-order valence-electron chi connectivity index (χ4n) is 1.96. The zero-order valence-electron chi connectivity index (χ0n) is 11.1. The van der Waals surface area contributed by atoms with E-state index in [1.165, 1.54) is 0 Å². The van der Waals surface area contributed by atoms with E-state index in [-0.39, 0.29) is 12.2 Å². The minimum Gasteiger partial charge on any atom is -0.387 e. The molecule has 1 N–H and O–H groups in total. The summed E-state index contributed by atoms with van der Waals surface area (Å²) in [6, 6.07) is 0. The maximum Gasteiger partial charge on any atom is 0.160 e. The Hall–Kier alpha value is -0.670. The van der Waals surface area contributed by atoms with Crippen LogP contribution in [0.1, 0.15) is 34.1 Å². The number of carbonyl (C=O) groups excluding carboxylic acids is 1. The smallest absolute Gasteiger partial charge is 0.160 e. The van der Waals surface area contributed by atoms with E-state index >= 15 is 0 Å². The number of aliphatic hydroxyl groups excluding tert-OH is 1. The van der Waals surface area contributed by atoms with Crippen LogP contribution in [0.2, 0.25) is 0 Å². The second-order valence-corrected chi connectivity index (χ2v) is 4.53. The van der Waals surface area contributed by atoms with Crippen LogP contribution in [0.4, 0.5) is 0 Å². The van der Waals surface area contributed by atoms with Crippen LogP contribution in [0.5, 0.6) is 0 Å². The normalized spacial score (nSPS) is 13.6. The van der Waals surface area contributed by atoms with E-state index in [4.69, 9.17) is 0 Å². The molecule has 0 aliphatic heterocycles. The largest absolute Gasteiger partial charge is 0.387 e. The Morgan fingerprint density at radius 2 is 1.69 bits per heavy atom. The lowest BCUT2D eigenvalue weighted by atomic mass is 10.1. The highest BCUT2D eigenvalue weighted by Gasteiger charge is 2.26. The van der Waals surface area contributed by atoms with Crippen LogP contribution in [0, 0.1) is 0 Å². The molecule has 0 heterocycles. The summed E-state index contributed by atoms with van der Waals surface area (Å²) in [6.45, 7) is 15.3. The zero-order valence-corrected chi connectivity index (χ0v) is 11.1. The molecule has 0 aliphatic carbocycles. The summed E-state index contributed by atoms with van der Waals surface area (Å²) < 4.78 is 0.866. The van der Waals surface area contributed by atoms with Crippen LogP contribution in [0.25, 0.3) is 0 Å². The van der Waals surface area contributed by atoms with E-state index in [9.17, 15) is 9.90 Å². The second-order valence-electron chi connectivity index (χ2n) is 4.53. The highest BCUT2D eigenvalue weighted by molar-refractivity contribution is 5.94. The fraction of sp³-hybridized carbons (Fsp3) is 0.769. The summed E-state index contributed by atoms with van der Waals surface area (Å²) in [4.78, 5) is 11.4. The van der Waals surface area contributed by atoms with Crippen molar-refractivity contribution in [3.8, 4) is 0 Å². The number of hydrogen-bond acceptors (Lipinski definition) is 2. The van der Waals surface area contributed by atoms with Crippen LogP contribution < -0.4 is 0 Å². The van der Waals surface area contributed by atoms with Crippen molar-refractivity contribution in [2.24, 2.45) is 0 Å². The van der Waals surface area contributed by atoms with Crippen LogP contribution in [0.15, 0.2) is 12.2 Å². The van der Waals surface area contributed by atoms with Gasteiger partial charge in [0.05, 0.1) is 19.6 Å². The Bertz CT molecular complexity index is 236. The van der Waals surface area contributed by atoms with Gasteiger partial charge in [0.1, 0.15) is 12.6 Å². The SMILES string of the molecule is C=C(C)C(=O)CC(O)C[N+](CC)(CC)CC. The van der Waals surface area contributed by atoms with Gasteiger partial charge in [-0.2, -0.15) is 0 Å². The number of ketones is 1. The molecule has 1 atom stereocenters. The molecule has 0 aliphatic rings. The molecule has 3 nitrogen and oxygen atoms in total. The number of aliphatic hydroxyl groups is 1. The lowest BCUT2D eigenvalue weighted by molar-refractivity contribution is -0.926. The lowest BCUT2D eigenvalue weighted by Gasteiger charge is -2.37. The molecule has 0 saturated heterocycles. The van der Waals surface area contributed by atoms with E-state index in [0.717, 1.165) is 24.1 Å². The number of allylic oxidation sites excluding steroid dienone is 1. The highest BCUT2D eigenvalue weighted by atomic mass is 16.3. The number of rotatable bonds is 8. The molecule has 0 radical (unpaired) electrons. The van der Waals surface area contributed by atoms with E-state index < -0.39 is 6.10 Å². The Kier molecular flexibility index (Phi) is 6.53. The Balaban J connectivity index is 4.36. The van der Waals surface area contributed by atoms with Crippen LogP contribution in [0.3, 0.4) is 0 Å². The second kappa shape index (κ2) is 6.81. The molecule has 3 heteroatoms. The van der Waals surface area contributed by atoms with Crippen LogP contribution in [-0.2, 0) is 4.79 Å². The van der Waals surface area contributed by atoms with Crippen molar-refractivity contribution < 1.29 is 14.4 Å². The van der Waals surface area contributed by atoms with Gasteiger partial charge in [0.2, 0.25) is 0 Å². The van der Waals surface area contributed by atoms with E-state index in [0.29, 0.717) is 12.1 Å². The van der Waals surface area contributed by atoms with E-state index in [1.54, 1.807) is 6.92 Å². The first kappa shape index (κ1) is 15.3. The summed E-state index contributed by atoms with van der Waals surface area (Å²) in [5.41, 5.74) is 0.529. The first-order valence-corrected chi connectivity index (χ1v) is 6.12. The minimum atomic E-state index is -0.552. The molecular weight excluding hydrogens is 202 g/mol. The summed E-state index contributed by atoms with van der Waals surface area (Å²) in [5, 5.41) is 9.92. The number of quaternary nitrogens is 1. The van der Waals surface area contributed by atoms with E-state index in [2.05, 4.69) is 27.4 Å². The summed E-state index contributed by atoms with van der Waals surface area (Å²) in [7, 11) is 0. The molecule has 0 rings (SSSR count). The van der Waals surface area contributed by atoms with Gasteiger partial charge in [-0.3, -0.25) is 4.79 Å². The molecule has 1 unspecified atom stereocenters. The number of Topliss-reactive ketones (excluding diaryl/α,β-unsaturated/α-hetero) is 1. The lowest BCUT2D eigenvalue weighted by Crippen LogP contribution is -2.52. The van der Waals surface area contributed by atoms with Crippen molar-refractivity contribution in [2.45, 2.75) is 40.2 Å². The first-order chi connectivity index (χ1) is 7.40. The van der Waals surface area contributed by atoms with Gasteiger partial charge in [0.25, 0.3) is 0 Å². The van der Waals surface area contributed by atoms with Gasteiger partial charge in [-0.1, -0.05) is 6.58 Å². The molecular formula is C13H26NO2+. The predicted molar refractivity (Wildman–Crippen MR) is 67.2 cm³/mol. The molecule has 94 valence electrons. The Morgan fingerprint density at radius 1 is 1.25 bits per heavy atom. The number of hydrogen-bond donors (Lipinski definition) is 1. The van der Waals surface area contributed by atoms with Crippen molar-refractivity contribution in [1.82, 2.24) is 0 Å². The Morgan fingerprint density at radius 3 is 2.00 bits per heavy atom. The summed E-state index contributed by atoms with van der Waals surface area (Å²) >= 11 is 0. The molecule has 0 aromatic heterocycles. The van der Waals surface area contributed by atoms with Crippen molar-refractivity contribution in [3.05, 3.63) is 12.2 Å². The van der Waals surface area contributed by atoms with Gasteiger partial charge in [0, 0.05) is 6.42 Å². The van der Waals surface area contributed by atoms with Gasteiger partial charge in [-0.25, -0.2) is 0 Å². The monoisotopic (exact) mass is 228 g/mol. The fourth-order valence-corrected chi connectivity index (χ4v) is 1.96. The molecule has 0 aromatic carbocycles. The van der Waals surface area contributed by atoms with Gasteiger partial charge >= 0.3 is 0 Å². The molecule has 0 saturated carbocycles. The molecule has 0 spiro atoms. The average molecular weight is 228 g/mol. The topological polar surface area (TPSA) is 37.3 Å². The predicted octanol–water partition coefficient (Wildman–Crippen LogP) is 1.76. The number of nitrogens with zero attached hydrogens (tertiary/aromatic N) is 1. The molecule has 0 bridgehead atoms. The van der Waals surface area contributed by atoms with Gasteiger partial charge in [-0.15, -0.1) is 0 Å². The summed E-state index contributed by atoms with van der Waals surface area (Å²) in [5.74, 6) is -0.0334. The number of likely N-dealkylation sites (N-methyl/N-ethyl adjacent to an activating group) is 1. The maximum absolute atomic E-state index is 11.4. The highest BCUT2D eigenvalue weighted by Crippen LogP contribution is 2.10. The molecule has 0 fully saturated rings. The molecule has 16 heavy (non-hydrogen) atoms. The first-order valence-electron chi connectivity index (χ1n) is 6.12. The van der Waals surface area contributed by atoms with Crippen molar-refractivity contribution >= 4 is 5.78 Å². The molecule has 0 amide bonds. The van der Waals surface area contributed by atoms with Gasteiger partial charge in [0.15, 0.2) is 5.78 Å². The van der Waals surface area contributed by atoms with Crippen LogP contribution in [-0.4, -0.2) is 47.7 Å².